The zero-order chi connectivity index (χ0) is 12.4. The van der Waals surface area contributed by atoms with Gasteiger partial charge in [-0.15, -0.1) is 0 Å². The molecule has 0 fully saturated rings. The lowest BCUT2D eigenvalue weighted by atomic mass is 10.3. The van der Waals surface area contributed by atoms with Crippen molar-refractivity contribution in [3.05, 3.63) is 39.6 Å². The highest BCUT2D eigenvalue weighted by molar-refractivity contribution is 9.10. The van der Waals surface area contributed by atoms with Crippen molar-refractivity contribution < 1.29 is 9.90 Å². The average Bonchev–Trinajstić information content (AvgIpc) is 2.70. The highest BCUT2D eigenvalue weighted by Crippen LogP contribution is 2.26. The van der Waals surface area contributed by atoms with E-state index in [4.69, 9.17) is 11.6 Å². The Balaban J connectivity index is 2.19. The van der Waals surface area contributed by atoms with E-state index in [1.54, 1.807) is 6.07 Å². The summed E-state index contributed by atoms with van der Waals surface area (Å²) in [4.78, 5) is 11.8. The third kappa shape index (κ3) is 2.59. The number of nitrogens with zero attached hydrogens (tertiary/aromatic N) is 1. The first kappa shape index (κ1) is 11.9. The summed E-state index contributed by atoms with van der Waals surface area (Å²) < 4.78 is 0.569. The number of aromatic nitrogens is 2. The number of aromatic amines is 1. The van der Waals surface area contributed by atoms with Gasteiger partial charge in [-0.05, 0) is 34.1 Å². The van der Waals surface area contributed by atoms with Crippen LogP contribution in [0.3, 0.4) is 0 Å². The quantitative estimate of drug-likeness (QED) is 0.746. The van der Waals surface area contributed by atoms with Gasteiger partial charge in [-0.2, -0.15) is 5.10 Å². The summed E-state index contributed by atoms with van der Waals surface area (Å²) in [7, 11) is 0. The van der Waals surface area contributed by atoms with Crippen LogP contribution in [-0.4, -0.2) is 21.2 Å². The Hall–Kier alpha value is -1.53. The molecule has 1 aromatic carbocycles. The van der Waals surface area contributed by atoms with Gasteiger partial charge < -0.3 is 10.4 Å². The summed E-state index contributed by atoms with van der Waals surface area (Å²) >= 11 is 8.91. The minimum Gasteiger partial charge on any atom is -0.506 e. The maximum atomic E-state index is 11.8. The predicted molar refractivity (Wildman–Crippen MR) is 67.4 cm³/mol. The Kier molecular flexibility index (Phi) is 3.35. The van der Waals surface area contributed by atoms with Gasteiger partial charge in [0, 0.05) is 5.69 Å². The van der Waals surface area contributed by atoms with Gasteiger partial charge in [-0.3, -0.25) is 9.89 Å². The number of phenolic OH excluding ortho intramolecular Hbond substituents is 1. The topological polar surface area (TPSA) is 78.0 Å². The molecule has 0 saturated heterocycles. The maximum Gasteiger partial charge on any atom is 0.274 e. The Bertz CT molecular complexity index is 570. The molecule has 0 unspecified atom stereocenters. The second-order valence-electron chi connectivity index (χ2n) is 3.21. The first-order valence-electron chi connectivity index (χ1n) is 4.56. The number of nitrogens with one attached hydrogen (secondary N) is 2. The fourth-order valence-electron chi connectivity index (χ4n) is 1.21. The van der Waals surface area contributed by atoms with Gasteiger partial charge in [0.25, 0.3) is 5.91 Å². The molecule has 1 amide bonds. The number of aromatic hydroxyl groups is 1. The van der Waals surface area contributed by atoms with Gasteiger partial charge in [-0.25, -0.2) is 0 Å². The first-order chi connectivity index (χ1) is 8.08. The van der Waals surface area contributed by atoms with Gasteiger partial charge in [0.2, 0.25) is 0 Å². The van der Waals surface area contributed by atoms with Crippen molar-refractivity contribution in [3.63, 3.8) is 0 Å². The lowest BCUT2D eigenvalue weighted by Crippen LogP contribution is -2.12. The number of anilines is 1. The van der Waals surface area contributed by atoms with Crippen molar-refractivity contribution in [2.45, 2.75) is 0 Å². The lowest BCUT2D eigenvalue weighted by Gasteiger charge is -2.05. The highest BCUT2D eigenvalue weighted by Gasteiger charge is 2.12. The molecule has 0 bridgehead atoms. The first-order valence-corrected chi connectivity index (χ1v) is 5.74. The number of phenols is 1. The molecule has 0 saturated carbocycles. The Morgan fingerprint density at radius 1 is 1.53 bits per heavy atom. The van der Waals surface area contributed by atoms with Crippen LogP contribution in [0.4, 0.5) is 5.69 Å². The normalized spacial score (nSPS) is 10.2. The zero-order valence-electron chi connectivity index (χ0n) is 8.37. The molecule has 0 aliphatic heterocycles. The summed E-state index contributed by atoms with van der Waals surface area (Å²) in [6.07, 6.45) is 1.48. The number of hydrogen-bond donors (Lipinski definition) is 3. The van der Waals surface area contributed by atoms with Crippen LogP contribution in [0.5, 0.6) is 5.75 Å². The molecule has 17 heavy (non-hydrogen) atoms. The molecule has 5 nitrogen and oxygen atoms in total. The Morgan fingerprint density at radius 2 is 2.29 bits per heavy atom. The third-order valence-corrected chi connectivity index (χ3v) is 2.93. The molecular weight excluding hydrogens is 309 g/mol. The van der Waals surface area contributed by atoms with E-state index in [0.717, 1.165) is 0 Å². The van der Waals surface area contributed by atoms with E-state index >= 15 is 0 Å². The molecule has 1 heterocycles. The standard InChI is InChI=1S/C10H7BrClN3O2/c11-6-4-13-15-9(6)10(17)14-5-1-2-8(16)7(12)3-5/h1-4,16H,(H,13,15)(H,14,17). The van der Waals surface area contributed by atoms with Gasteiger partial charge in [0.1, 0.15) is 11.4 Å². The highest BCUT2D eigenvalue weighted by atomic mass is 79.9. The Morgan fingerprint density at radius 3 is 2.88 bits per heavy atom. The average molecular weight is 317 g/mol. The summed E-state index contributed by atoms with van der Waals surface area (Å²) in [6.45, 7) is 0. The number of H-pyrrole nitrogens is 1. The second-order valence-corrected chi connectivity index (χ2v) is 4.47. The third-order valence-electron chi connectivity index (χ3n) is 2.03. The molecule has 0 aliphatic rings. The van der Waals surface area contributed by atoms with E-state index in [1.165, 1.54) is 18.3 Å². The van der Waals surface area contributed by atoms with Crippen molar-refractivity contribution in [1.29, 1.82) is 0 Å². The SMILES string of the molecule is O=C(Nc1ccc(O)c(Cl)c1)c1[nH]ncc1Br. The fraction of sp³-hybridized carbons (Fsp3) is 0. The van der Waals surface area contributed by atoms with Crippen molar-refractivity contribution in [3.8, 4) is 5.75 Å². The van der Waals surface area contributed by atoms with Gasteiger partial charge in [-0.1, -0.05) is 11.6 Å². The molecule has 0 aliphatic carbocycles. The van der Waals surface area contributed by atoms with Crippen molar-refractivity contribution in [1.82, 2.24) is 10.2 Å². The van der Waals surface area contributed by atoms with Crippen LogP contribution < -0.4 is 5.32 Å². The number of halogens is 2. The zero-order valence-corrected chi connectivity index (χ0v) is 10.7. The molecule has 0 radical (unpaired) electrons. The van der Waals surface area contributed by atoms with Gasteiger partial charge in [0.05, 0.1) is 15.7 Å². The molecule has 1 aromatic heterocycles. The number of carbonyl (C=O) groups is 1. The molecule has 0 atom stereocenters. The monoisotopic (exact) mass is 315 g/mol. The van der Waals surface area contributed by atoms with Crippen LogP contribution in [0.2, 0.25) is 5.02 Å². The Labute approximate surface area is 110 Å². The summed E-state index contributed by atoms with van der Waals surface area (Å²) in [5.41, 5.74) is 0.800. The van der Waals surface area contributed by atoms with E-state index < -0.39 is 0 Å². The van der Waals surface area contributed by atoms with E-state index in [2.05, 4.69) is 31.4 Å². The van der Waals surface area contributed by atoms with Crippen LogP contribution in [0.1, 0.15) is 10.5 Å². The van der Waals surface area contributed by atoms with Gasteiger partial charge >= 0.3 is 0 Å². The molecule has 2 rings (SSSR count). The van der Waals surface area contributed by atoms with Crippen molar-refractivity contribution in [2.24, 2.45) is 0 Å². The van der Waals surface area contributed by atoms with Crippen LogP contribution >= 0.6 is 27.5 Å². The predicted octanol–water partition coefficient (Wildman–Crippen LogP) is 2.78. The molecule has 3 N–H and O–H groups in total. The molecule has 7 heteroatoms. The number of amides is 1. The minimum atomic E-state index is -0.351. The van der Waals surface area contributed by atoms with Crippen molar-refractivity contribution in [2.75, 3.05) is 5.32 Å². The molecule has 88 valence electrons. The van der Waals surface area contributed by atoms with Crippen LogP contribution in [0.15, 0.2) is 28.9 Å². The van der Waals surface area contributed by atoms with E-state index in [9.17, 15) is 9.90 Å². The van der Waals surface area contributed by atoms with Crippen molar-refractivity contribution >= 4 is 39.1 Å². The van der Waals surface area contributed by atoms with E-state index in [0.29, 0.717) is 15.9 Å². The second kappa shape index (κ2) is 4.77. The van der Waals surface area contributed by atoms with E-state index in [-0.39, 0.29) is 16.7 Å². The molecule has 2 aromatic rings. The maximum absolute atomic E-state index is 11.8. The molecule has 0 spiro atoms. The molecular formula is C10H7BrClN3O2. The number of benzene rings is 1. The summed E-state index contributed by atoms with van der Waals surface area (Å²) in [6, 6.07) is 4.41. The van der Waals surface area contributed by atoms with Crippen LogP contribution in [-0.2, 0) is 0 Å². The smallest absolute Gasteiger partial charge is 0.274 e. The minimum absolute atomic E-state index is 0.0348. The lowest BCUT2D eigenvalue weighted by molar-refractivity contribution is 0.102. The summed E-state index contributed by atoms with van der Waals surface area (Å²) in [5, 5.41) is 18.3. The summed E-state index contributed by atoms with van der Waals surface area (Å²) in [5.74, 6) is -0.386. The largest absolute Gasteiger partial charge is 0.506 e. The number of carbonyl (C=O) groups excluding carboxylic acids is 1. The number of hydrogen-bond acceptors (Lipinski definition) is 3. The fourth-order valence-corrected chi connectivity index (χ4v) is 1.76. The van der Waals surface area contributed by atoms with Crippen LogP contribution in [0, 0.1) is 0 Å². The van der Waals surface area contributed by atoms with Crippen LogP contribution in [0.25, 0.3) is 0 Å². The number of rotatable bonds is 2. The van der Waals surface area contributed by atoms with E-state index in [1.807, 2.05) is 0 Å². The van der Waals surface area contributed by atoms with Gasteiger partial charge in [0.15, 0.2) is 0 Å².